The lowest BCUT2D eigenvalue weighted by Gasteiger charge is -2.23. The van der Waals surface area contributed by atoms with Crippen LogP contribution >= 0.6 is 15.9 Å². The summed E-state index contributed by atoms with van der Waals surface area (Å²) in [6, 6.07) is 0. The number of hydrogen-bond donors (Lipinski definition) is 1. The highest BCUT2D eigenvalue weighted by Gasteiger charge is 2.27. The van der Waals surface area contributed by atoms with E-state index in [1.165, 1.54) is 0 Å². The zero-order chi connectivity index (χ0) is 12.0. The van der Waals surface area contributed by atoms with Gasteiger partial charge in [-0.3, -0.25) is 0 Å². The summed E-state index contributed by atoms with van der Waals surface area (Å²) < 4.78 is 31.7. The maximum absolute atomic E-state index is 11.9. The summed E-state index contributed by atoms with van der Waals surface area (Å²) >= 11 is 3.35. The molecule has 16 heavy (non-hydrogen) atoms. The van der Waals surface area contributed by atoms with Crippen molar-refractivity contribution >= 4 is 26.0 Å². The summed E-state index contributed by atoms with van der Waals surface area (Å²) in [5.74, 6) is 0.369. The average molecular weight is 314 g/mol. The highest BCUT2D eigenvalue weighted by molar-refractivity contribution is 9.09. The molecule has 0 saturated carbocycles. The minimum Gasteiger partial charge on any atom is -0.381 e. The van der Waals surface area contributed by atoms with Gasteiger partial charge in [0.05, 0.1) is 5.25 Å². The van der Waals surface area contributed by atoms with Crippen LogP contribution in [0.2, 0.25) is 0 Å². The molecule has 0 radical (unpaired) electrons. The third-order valence-electron chi connectivity index (χ3n) is 2.84. The van der Waals surface area contributed by atoms with Crippen molar-refractivity contribution in [2.24, 2.45) is 5.92 Å². The summed E-state index contributed by atoms with van der Waals surface area (Å²) in [5.41, 5.74) is 0. The zero-order valence-corrected chi connectivity index (χ0v) is 12.0. The Kier molecular flexibility index (Phi) is 6.25. The van der Waals surface area contributed by atoms with Gasteiger partial charge in [0, 0.05) is 25.1 Å². The molecular weight excluding hydrogens is 294 g/mol. The topological polar surface area (TPSA) is 55.4 Å². The van der Waals surface area contributed by atoms with Gasteiger partial charge in [0.2, 0.25) is 10.0 Å². The molecule has 1 rings (SSSR count). The summed E-state index contributed by atoms with van der Waals surface area (Å²) in [5, 5.41) is 0.644. The molecule has 1 saturated heterocycles. The molecule has 0 aliphatic carbocycles. The van der Waals surface area contributed by atoms with E-state index < -0.39 is 10.0 Å². The van der Waals surface area contributed by atoms with E-state index in [2.05, 4.69) is 20.7 Å². The molecule has 1 atom stereocenters. The van der Waals surface area contributed by atoms with Crippen LogP contribution in [0.3, 0.4) is 0 Å². The minimum atomic E-state index is -3.14. The molecule has 96 valence electrons. The van der Waals surface area contributed by atoms with Gasteiger partial charge in [-0.1, -0.05) is 22.9 Å². The van der Waals surface area contributed by atoms with Gasteiger partial charge in [0.25, 0.3) is 0 Å². The Labute approximate surface area is 106 Å². The lowest BCUT2D eigenvalue weighted by atomic mass is 10.1. The number of halogens is 1. The summed E-state index contributed by atoms with van der Waals surface area (Å²) in [6.45, 7) is 3.70. The Morgan fingerprint density at radius 1 is 1.44 bits per heavy atom. The largest absolute Gasteiger partial charge is 0.381 e. The monoisotopic (exact) mass is 313 g/mol. The Morgan fingerprint density at radius 3 is 2.62 bits per heavy atom. The van der Waals surface area contributed by atoms with E-state index in [9.17, 15) is 8.42 Å². The molecule has 1 fully saturated rings. The van der Waals surface area contributed by atoms with E-state index in [0.717, 1.165) is 11.8 Å². The van der Waals surface area contributed by atoms with E-state index in [4.69, 9.17) is 4.74 Å². The molecule has 6 heteroatoms. The molecule has 1 aliphatic heterocycles. The summed E-state index contributed by atoms with van der Waals surface area (Å²) in [7, 11) is -3.14. The van der Waals surface area contributed by atoms with Crippen molar-refractivity contribution in [3.8, 4) is 0 Å². The van der Waals surface area contributed by atoms with Gasteiger partial charge in [-0.15, -0.1) is 0 Å². The molecule has 0 bridgehead atoms. The van der Waals surface area contributed by atoms with Crippen molar-refractivity contribution in [2.45, 2.75) is 31.4 Å². The van der Waals surface area contributed by atoms with E-state index >= 15 is 0 Å². The van der Waals surface area contributed by atoms with Gasteiger partial charge in [-0.05, 0) is 25.2 Å². The predicted molar refractivity (Wildman–Crippen MR) is 68.3 cm³/mol. The van der Waals surface area contributed by atoms with Crippen LogP contribution in [-0.4, -0.2) is 38.8 Å². The molecule has 0 aromatic heterocycles. The predicted octanol–water partition coefficient (Wildman–Crippen LogP) is 1.51. The van der Waals surface area contributed by atoms with E-state index in [1.54, 1.807) is 0 Å². The second kappa shape index (κ2) is 6.93. The summed E-state index contributed by atoms with van der Waals surface area (Å²) in [4.78, 5) is 0. The van der Waals surface area contributed by atoms with E-state index in [-0.39, 0.29) is 5.25 Å². The number of alkyl halides is 1. The highest BCUT2D eigenvalue weighted by atomic mass is 79.9. The smallest absolute Gasteiger partial charge is 0.214 e. The second-order valence-corrected chi connectivity index (χ2v) is 7.13. The molecule has 0 amide bonds. The Morgan fingerprint density at radius 2 is 2.06 bits per heavy atom. The van der Waals surface area contributed by atoms with Crippen molar-refractivity contribution in [2.75, 3.05) is 25.1 Å². The zero-order valence-electron chi connectivity index (χ0n) is 9.62. The Bertz CT molecular complexity index is 288. The first-order chi connectivity index (χ1) is 7.56. The van der Waals surface area contributed by atoms with Crippen LogP contribution in [0, 0.1) is 5.92 Å². The van der Waals surface area contributed by atoms with Crippen molar-refractivity contribution < 1.29 is 13.2 Å². The van der Waals surface area contributed by atoms with Gasteiger partial charge < -0.3 is 4.74 Å². The van der Waals surface area contributed by atoms with Crippen LogP contribution in [0.4, 0.5) is 0 Å². The van der Waals surface area contributed by atoms with Gasteiger partial charge in [0.1, 0.15) is 0 Å². The van der Waals surface area contributed by atoms with Crippen LogP contribution in [0.15, 0.2) is 0 Å². The van der Waals surface area contributed by atoms with Crippen LogP contribution in [0.25, 0.3) is 0 Å². The normalized spacial score (nSPS) is 20.9. The number of sulfonamides is 1. The fraction of sp³-hybridized carbons (Fsp3) is 1.00. The van der Waals surface area contributed by atoms with Gasteiger partial charge in [-0.25, -0.2) is 13.1 Å². The Hall–Kier alpha value is 0.350. The van der Waals surface area contributed by atoms with Crippen LogP contribution < -0.4 is 4.72 Å². The molecular formula is C10H20BrNO3S. The van der Waals surface area contributed by atoms with Crippen LogP contribution in [0.5, 0.6) is 0 Å². The van der Waals surface area contributed by atoms with E-state index in [0.29, 0.717) is 38.5 Å². The van der Waals surface area contributed by atoms with Crippen LogP contribution in [-0.2, 0) is 14.8 Å². The van der Waals surface area contributed by atoms with Gasteiger partial charge in [0.15, 0.2) is 0 Å². The third kappa shape index (κ3) is 4.69. The number of nitrogens with one attached hydrogen (secondary N) is 1. The molecule has 4 nitrogen and oxygen atoms in total. The fourth-order valence-corrected chi connectivity index (χ4v) is 4.00. The summed E-state index contributed by atoms with van der Waals surface area (Å²) in [6.07, 6.45) is 2.21. The molecule has 0 aromatic rings. The minimum absolute atomic E-state index is 0.266. The van der Waals surface area contributed by atoms with Crippen molar-refractivity contribution in [1.29, 1.82) is 0 Å². The first-order valence-corrected chi connectivity index (χ1v) is 8.35. The van der Waals surface area contributed by atoms with E-state index in [1.807, 2.05) is 6.92 Å². The average Bonchev–Trinajstić information content (AvgIpc) is 2.28. The maximum atomic E-state index is 11.9. The molecule has 1 N–H and O–H groups in total. The molecule has 0 aromatic carbocycles. The first kappa shape index (κ1) is 14.4. The van der Waals surface area contributed by atoms with Gasteiger partial charge in [-0.2, -0.15) is 0 Å². The lowest BCUT2D eigenvalue weighted by molar-refractivity contribution is 0.0981. The first-order valence-electron chi connectivity index (χ1n) is 5.68. The molecule has 1 heterocycles. The molecule has 0 spiro atoms. The third-order valence-corrected chi connectivity index (χ3v) is 5.22. The fourth-order valence-electron chi connectivity index (χ4n) is 1.65. The number of hydrogen-bond acceptors (Lipinski definition) is 3. The highest BCUT2D eigenvalue weighted by Crippen LogP contribution is 2.15. The molecule has 1 aliphatic rings. The maximum Gasteiger partial charge on any atom is 0.214 e. The standard InChI is InChI=1S/C10H20BrNO3S/c1-9(2-5-11)8-12-16(13,14)10-3-6-15-7-4-10/h9-10,12H,2-8H2,1H3. The SMILES string of the molecule is CC(CCBr)CNS(=O)(=O)C1CCOCC1. The van der Waals surface area contributed by atoms with Crippen molar-refractivity contribution in [3.05, 3.63) is 0 Å². The van der Waals surface area contributed by atoms with Crippen molar-refractivity contribution in [3.63, 3.8) is 0 Å². The van der Waals surface area contributed by atoms with Crippen LogP contribution in [0.1, 0.15) is 26.2 Å². The Balaban J connectivity index is 2.38. The number of rotatable bonds is 6. The van der Waals surface area contributed by atoms with Crippen molar-refractivity contribution in [1.82, 2.24) is 4.72 Å². The quantitative estimate of drug-likeness (QED) is 0.756. The lowest BCUT2D eigenvalue weighted by Crippen LogP contribution is -2.39. The molecule has 1 unspecified atom stereocenters. The van der Waals surface area contributed by atoms with Gasteiger partial charge >= 0.3 is 0 Å². The number of ether oxygens (including phenoxy) is 1. The second-order valence-electron chi connectivity index (χ2n) is 4.29.